The number of nitrogens with one attached hydrogen (secondary N) is 1. The van der Waals surface area contributed by atoms with Crippen molar-refractivity contribution in [3.8, 4) is 0 Å². The Morgan fingerprint density at radius 3 is 2.54 bits per heavy atom. The van der Waals surface area contributed by atoms with E-state index in [0.29, 0.717) is 13.0 Å². The maximum Gasteiger partial charge on any atom is 0.0667 e. The molecular weight excluding hydrogens is 170 g/mol. The van der Waals surface area contributed by atoms with Gasteiger partial charge < -0.3 is 19.9 Å². The van der Waals surface area contributed by atoms with Crippen LogP contribution in [0, 0.1) is 0 Å². The lowest BCUT2D eigenvalue weighted by Gasteiger charge is -2.19. The molecule has 13 heavy (non-hydrogen) atoms. The fourth-order valence-electron chi connectivity index (χ4n) is 1.02. The van der Waals surface area contributed by atoms with Gasteiger partial charge in [0.15, 0.2) is 0 Å². The van der Waals surface area contributed by atoms with Crippen LogP contribution in [-0.4, -0.2) is 51.2 Å². The first-order valence-corrected chi connectivity index (χ1v) is 4.60. The number of hydrogen-bond donors (Lipinski definition) is 2. The Hall–Kier alpha value is -0.160. The molecule has 0 aliphatic rings. The molecule has 0 aromatic carbocycles. The molecule has 0 aliphatic heterocycles. The third-order valence-corrected chi connectivity index (χ3v) is 1.94. The van der Waals surface area contributed by atoms with Crippen molar-refractivity contribution in [1.82, 2.24) is 5.32 Å². The van der Waals surface area contributed by atoms with Crippen molar-refractivity contribution in [3.05, 3.63) is 0 Å². The van der Waals surface area contributed by atoms with Gasteiger partial charge >= 0.3 is 0 Å². The van der Waals surface area contributed by atoms with Crippen LogP contribution in [-0.2, 0) is 9.47 Å². The maximum atomic E-state index is 8.76. The summed E-state index contributed by atoms with van der Waals surface area (Å²) in [7, 11) is 3.34. The summed E-state index contributed by atoms with van der Waals surface area (Å²) in [5, 5.41) is 12.0. The lowest BCUT2D eigenvalue weighted by Crippen LogP contribution is -2.38. The van der Waals surface area contributed by atoms with Gasteiger partial charge in [0, 0.05) is 33.4 Å². The van der Waals surface area contributed by atoms with E-state index in [9.17, 15) is 0 Å². The fourth-order valence-corrected chi connectivity index (χ4v) is 1.02. The Morgan fingerprint density at radius 1 is 1.38 bits per heavy atom. The molecule has 4 nitrogen and oxygen atoms in total. The summed E-state index contributed by atoms with van der Waals surface area (Å²) in [4.78, 5) is 0. The zero-order chi connectivity index (χ0) is 10.1. The second-order valence-corrected chi connectivity index (χ2v) is 3.12. The third-order valence-electron chi connectivity index (χ3n) is 1.94. The number of hydrogen-bond acceptors (Lipinski definition) is 4. The van der Waals surface area contributed by atoms with E-state index in [1.165, 1.54) is 0 Å². The number of ether oxygens (including phenoxy) is 2. The molecule has 2 N–H and O–H groups in total. The zero-order valence-electron chi connectivity index (χ0n) is 8.75. The topological polar surface area (TPSA) is 50.7 Å². The minimum Gasteiger partial charge on any atom is -0.396 e. The van der Waals surface area contributed by atoms with E-state index in [0.717, 1.165) is 6.54 Å². The summed E-state index contributed by atoms with van der Waals surface area (Å²) in [5.41, 5.74) is 0. The van der Waals surface area contributed by atoms with Crippen molar-refractivity contribution in [3.63, 3.8) is 0 Å². The summed E-state index contributed by atoms with van der Waals surface area (Å²) in [6, 6.07) is 0.215. The zero-order valence-corrected chi connectivity index (χ0v) is 8.75. The average molecular weight is 191 g/mol. The van der Waals surface area contributed by atoms with Crippen LogP contribution < -0.4 is 5.32 Å². The lowest BCUT2D eigenvalue weighted by atomic mass is 10.2. The molecule has 0 bridgehead atoms. The molecule has 4 heteroatoms. The Balaban J connectivity index is 3.55. The van der Waals surface area contributed by atoms with Gasteiger partial charge in [-0.15, -0.1) is 0 Å². The maximum absolute atomic E-state index is 8.76. The quantitative estimate of drug-likeness (QED) is 0.567. The van der Waals surface area contributed by atoms with E-state index < -0.39 is 0 Å². The molecule has 0 aromatic heterocycles. The van der Waals surface area contributed by atoms with E-state index in [2.05, 4.69) is 5.32 Å². The van der Waals surface area contributed by atoms with Crippen LogP contribution in [0.2, 0.25) is 0 Å². The van der Waals surface area contributed by atoms with Crippen LogP contribution >= 0.6 is 0 Å². The molecular formula is C9H21NO3. The summed E-state index contributed by atoms with van der Waals surface area (Å²) in [6.07, 6.45) is 0.905. The number of rotatable bonds is 8. The van der Waals surface area contributed by atoms with Crippen molar-refractivity contribution in [2.24, 2.45) is 0 Å². The lowest BCUT2D eigenvalue weighted by molar-refractivity contribution is 0.1000. The van der Waals surface area contributed by atoms with Crippen LogP contribution in [0.4, 0.5) is 0 Å². The smallest absolute Gasteiger partial charge is 0.0667 e. The van der Waals surface area contributed by atoms with Crippen LogP contribution in [0.25, 0.3) is 0 Å². The third kappa shape index (κ3) is 6.95. The predicted molar refractivity (Wildman–Crippen MR) is 51.8 cm³/mol. The molecule has 0 fully saturated rings. The van der Waals surface area contributed by atoms with Crippen LogP contribution in [0.5, 0.6) is 0 Å². The van der Waals surface area contributed by atoms with Gasteiger partial charge in [0.25, 0.3) is 0 Å². The van der Waals surface area contributed by atoms with Crippen molar-refractivity contribution in [2.45, 2.75) is 25.5 Å². The van der Waals surface area contributed by atoms with Crippen molar-refractivity contribution < 1.29 is 14.6 Å². The monoisotopic (exact) mass is 191 g/mol. The van der Waals surface area contributed by atoms with Crippen molar-refractivity contribution >= 4 is 0 Å². The highest BCUT2D eigenvalue weighted by Crippen LogP contribution is 1.93. The first kappa shape index (κ1) is 12.8. The molecule has 0 saturated heterocycles. The first-order valence-electron chi connectivity index (χ1n) is 4.60. The van der Waals surface area contributed by atoms with E-state index in [-0.39, 0.29) is 18.8 Å². The standard InChI is InChI=1S/C9H21NO3/c1-8(13-3)6-10-9(4-5-11)7-12-2/h8-11H,4-7H2,1-3H3. The SMILES string of the molecule is COCC(CCO)NCC(C)OC. The molecule has 0 radical (unpaired) electrons. The van der Waals surface area contributed by atoms with E-state index >= 15 is 0 Å². The highest BCUT2D eigenvalue weighted by molar-refractivity contribution is 4.67. The summed E-state index contributed by atoms with van der Waals surface area (Å²) in [6.45, 7) is 3.58. The molecule has 2 atom stereocenters. The predicted octanol–water partition coefficient (Wildman–Crippen LogP) is 0.00830. The minimum atomic E-state index is 0.183. The van der Waals surface area contributed by atoms with Gasteiger partial charge in [0.2, 0.25) is 0 Å². The molecule has 0 spiro atoms. The van der Waals surface area contributed by atoms with Crippen molar-refractivity contribution in [2.75, 3.05) is 34.0 Å². The number of aliphatic hydroxyl groups is 1. The van der Waals surface area contributed by atoms with Gasteiger partial charge in [-0.1, -0.05) is 0 Å². The average Bonchev–Trinajstić information content (AvgIpc) is 2.14. The van der Waals surface area contributed by atoms with Gasteiger partial charge in [-0.25, -0.2) is 0 Å². The number of methoxy groups -OCH3 is 2. The Morgan fingerprint density at radius 2 is 2.08 bits per heavy atom. The largest absolute Gasteiger partial charge is 0.396 e. The van der Waals surface area contributed by atoms with E-state index in [4.69, 9.17) is 14.6 Å². The Bertz CT molecular complexity index is 105. The Labute approximate surface area is 80.2 Å². The molecule has 0 saturated carbocycles. The molecule has 0 heterocycles. The highest BCUT2D eigenvalue weighted by atomic mass is 16.5. The minimum absolute atomic E-state index is 0.183. The van der Waals surface area contributed by atoms with Gasteiger partial charge in [0.1, 0.15) is 0 Å². The molecule has 0 rings (SSSR count). The van der Waals surface area contributed by atoms with Crippen LogP contribution in [0.15, 0.2) is 0 Å². The molecule has 2 unspecified atom stereocenters. The normalized spacial score (nSPS) is 15.7. The Kier molecular flexibility index (Phi) is 8.33. The van der Waals surface area contributed by atoms with Crippen molar-refractivity contribution in [1.29, 1.82) is 0 Å². The van der Waals surface area contributed by atoms with E-state index in [1.54, 1.807) is 14.2 Å². The fraction of sp³-hybridized carbons (Fsp3) is 1.00. The second-order valence-electron chi connectivity index (χ2n) is 3.12. The van der Waals surface area contributed by atoms with Crippen LogP contribution in [0.1, 0.15) is 13.3 Å². The van der Waals surface area contributed by atoms with Gasteiger partial charge in [-0.05, 0) is 13.3 Å². The molecule has 0 aromatic rings. The van der Waals surface area contributed by atoms with Gasteiger partial charge in [0.05, 0.1) is 12.7 Å². The first-order chi connectivity index (χ1) is 6.24. The highest BCUT2D eigenvalue weighted by Gasteiger charge is 2.08. The summed E-state index contributed by atoms with van der Waals surface area (Å²) in [5.74, 6) is 0. The molecule has 0 amide bonds. The summed E-state index contributed by atoms with van der Waals surface area (Å²) >= 11 is 0. The second kappa shape index (κ2) is 8.44. The van der Waals surface area contributed by atoms with Gasteiger partial charge in [-0.2, -0.15) is 0 Å². The summed E-state index contributed by atoms with van der Waals surface area (Å²) < 4.78 is 10.1. The number of aliphatic hydroxyl groups excluding tert-OH is 1. The van der Waals surface area contributed by atoms with E-state index in [1.807, 2.05) is 6.92 Å². The van der Waals surface area contributed by atoms with Crippen LogP contribution in [0.3, 0.4) is 0 Å². The molecule has 0 aliphatic carbocycles. The van der Waals surface area contributed by atoms with Gasteiger partial charge in [-0.3, -0.25) is 0 Å². The molecule has 80 valence electrons.